The van der Waals surface area contributed by atoms with Crippen LogP contribution >= 0.6 is 11.8 Å². The van der Waals surface area contributed by atoms with E-state index in [-0.39, 0.29) is 28.2 Å². The molecule has 0 aliphatic heterocycles. The molecule has 28 heavy (non-hydrogen) atoms. The van der Waals surface area contributed by atoms with E-state index in [0.717, 1.165) is 16.4 Å². The van der Waals surface area contributed by atoms with Crippen LogP contribution in [0.15, 0.2) is 47.6 Å². The summed E-state index contributed by atoms with van der Waals surface area (Å²) in [5.41, 5.74) is 0.743. The van der Waals surface area contributed by atoms with Crippen LogP contribution in [0.2, 0.25) is 0 Å². The van der Waals surface area contributed by atoms with E-state index < -0.39 is 5.82 Å². The van der Waals surface area contributed by atoms with Gasteiger partial charge in [0.15, 0.2) is 5.82 Å². The summed E-state index contributed by atoms with van der Waals surface area (Å²) in [6.45, 7) is 0. The Hall–Kier alpha value is -3.27. The summed E-state index contributed by atoms with van der Waals surface area (Å²) >= 11 is 1.08. The number of methoxy groups -OCH3 is 2. The van der Waals surface area contributed by atoms with E-state index in [0.29, 0.717) is 17.2 Å². The van der Waals surface area contributed by atoms with Crippen molar-refractivity contribution in [1.29, 1.82) is 0 Å². The van der Waals surface area contributed by atoms with Gasteiger partial charge in [-0.25, -0.2) is 9.07 Å². The number of hydrogen-bond acceptors (Lipinski definition) is 7. The summed E-state index contributed by atoms with van der Waals surface area (Å²) in [7, 11) is 3.04. The number of nitrogens with two attached hydrogens (primary N) is 1. The average Bonchev–Trinajstić information content (AvgIpc) is 3.07. The minimum absolute atomic E-state index is 0.0296. The lowest BCUT2D eigenvalue weighted by molar-refractivity contribution is -0.113. The molecule has 0 unspecified atom stereocenters. The predicted octanol–water partition coefficient (Wildman–Crippen LogP) is 2.55. The molecule has 0 atom stereocenters. The molecule has 0 saturated carbocycles. The Morgan fingerprint density at radius 2 is 2.00 bits per heavy atom. The van der Waals surface area contributed by atoms with Crippen molar-refractivity contribution < 1.29 is 18.7 Å². The van der Waals surface area contributed by atoms with Gasteiger partial charge in [0, 0.05) is 6.07 Å². The third-order valence-electron chi connectivity index (χ3n) is 3.79. The zero-order chi connectivity index (χ0) is 20.1. The average molecular weight is 403 g/mol. The van der Waals surface area contributed by atoms with Crippen molar-refractivity contribution in [3.05, 3.63) is 48.3 Å². The lowest BCUT2D eigenvalue weighted by Crippen LogP contribution is -2.17. The fraction of sp³-hybridized carbons (Fsp3) is 0.167. The molecule has 0 fully saturated rings. The molecule has 0 radical (unpaired) electrons. The van der Waals surface area contributed by atoms with Crippen LogP contribution in [0.25, 0.3) is 11.4 Å². The van der Waals surface area contributed by atoms with Crippen LogP contribution in [0, 0.1) is 5.82 Å². The number of carbonyl (C=O) groups excluding carboxylic acids is 1. The van der Waals surface area contributed by atoms with Crippen molar-refractivity contribution in [2.75, 3.05) is 31.1 Å². The van der Waals surface area contributed by atoms with Crippen LogP contribution in [0.3, 0.4) is 0 Å². The molecule has 8 nitrogen and oxygen atoms in total. The van der Waals surface area contributed by atoms with Gasteiger partial charge in [0.05, 0.1) is 31.2 Å². The Kier molecular flexibility index (Phi) is 5.99. The molecule has 3 rings (SSSR count). The topological polar surface area (TPSA) is 104 Å². The second-order valence-electron chi connectivity index (χ2n) is 5.56. The molecule has 3 aromatic rings. The second-order valence-corrected chi connectivity index (χ2v) is 6.50. The van der Waals surface area contributed by atoms with Gasteiger partial charge in [-0.3, -0.25) is 4.79 Å². The number of nitrogens with one attached hydrogen (secondary N) is 1. The first-order valence-electron chi connectivity index (χ1n) is 8.13. The van der Waals surface area contributed by atoms with E-state index in [1.54, 1.807) is 43.5 Å². The molecule has 0 saturated heterocycles. The number of halogens is 1. The molecule has 3 N–H and O–H groups in total. The maximum atomic E-state index is 13.9. The molecule has 0 spiro atoms. The Labute approximate surface area is 164 Å². The number of nitrogen functional groups attached to an aromatic ring is 1. The molecular weight excluding hydrogens is 385 g/mol. The molecule has 146 valence electrons. The van der Waals surface area contributed by atoms with Crippen molar-refractivity contribution >= 4 is 23.4 Å². The number of aromatic nitrogens is 3. The van der Waals surface area contributed by atoms with Gasteiger partial charge >= 0.3 is 0 Å². The third-order valence-corrected chi connectivity index (χ3v) is 4.74. The minimum atomic E-state index is -0.456. The van der Waals surface area contributed by atoms with Gasteiger partial charge < -0.3 is 20.6 Å². The lowest BCUT2D eigenvalue weighted by Gasteiger charge is -2.11. The van der Waals surface area contributed by atoms with Crippen LogP contribution in [-0.2, 0) is 4.79 Å². The fourth-order valence-corrected chi connectivity index (χ4v) is 3.08. The molecule has 1 amide bonds. The largest absolute Gasteiger partial charge is 0.497 e. The molecule has 0 aliphatic rings. The van der Waals surface area contributed by atoms with Crippen molar-refractivity contribution in [3.63, 3.8) is 0 Å². The van der Waals surface area contributed by atoms with Crippen LogP contribution in [0.5, 0.6) is 11.5 Å². The zero-order valence-corrected chi connectivity index (χ0v) is 16.0. The van der Waals surface area contributed by atoms with Gasteiger partial charge in [-0.05, 0) is 24.3 Å². The molecule has 0 bridgehead atoms. The van der Waals surface area contributed by atoms with Crippen molar-refractivity contribution in [1.82, 2.24) is 14.9 Å². The molecule has 10 heteroatoms. The number of hydrogen-bond donors (Lipinski definition) is 2. The van der Waals surface area contributed by atoms with E-state index in [4.69, 9.17) is 15.3 Å². The lowest BCUT2D eigenvalue weighted by atomic mass is 10.2. The Balaban J connectivity index is 1.67. The first kappa shape index (κ1) is 19.5. The highest BCUT2D eigenvalue weighted by molar-refractivity contribution is 7.99. The Morgan fingerprint density at radius 1 is 1.21 bits per heavy atom. The highest BCUT2D eigenvalue weighted by Crippen LogP contribution is 2.29. The smallest absolute Gasteiger partial charge is 0.234 e. The van der Waals surface area contributed by atoms with Crippen LogP contribution < -0.4 is 20.6 Å². The summed E-state index contributed by atoms with van der Waals surface area (Å²) in [6.07, 6.45) is 0. The monoisotopic (exact) mass is 403 g/mol. The standard InChI is InChI=1S/C18H18FN5O3S/c1-26-11-7-8-14(15(9-11)27-2)21-16(25)10-28-18-23-22-17(24(18)20)12-5-3-4-6-13(12)19/h3-9H,10,20H2,1-2H3,(H,21,25). The first-order chi connectivity index (χ1) is 13.5. The Morgan fingerprint density at radius 3 is 2.71 bits per heavy atom. The maximum Gasteiger partial charge on any atom is 0.234 e. The molecule has 1 heterocycles. The van der Waals surface area contributed by atoms with E-state index in [1.807, 2.05) is 0 Å². The molecule has 2 aromatic carbocycles. The van der Waals surface area contributed by atoms with Gasteiger partial charge in [-0.1, -0.05) is 23.9 Å². The number of carbonyl (C=O) groups is 1. The van der Waals surface area contributed by atoms with E-state index in [1.165, 1.54) is 13.2 Å². The van der Waals surface area contributed by atoms with Crippen molar-refractivity contribution in [2.24, 2.45) is 0 Å². The summed E-state index contributed by atoms with van der Waals surface area (Å²) in [4.78, 5) is 12.3. The number of rotatable bonds is 7. The van der Waals surface area contributed by atoms with E-state index in [2.05, 4.69) is 15.5 Å². The zero-order valence-electron chi connectivity index (χ0n) is 15.2. The fourth-order valence-electron chi connectivity index (χ4n) is 2.42. The van der Waals surface area contributed by atoms with Gasteiger partial charge in [0.2, 0.25) is 11.1 Å². The van der Waals surface area contributed by atoms with Crippen LogP contribution in [0.4, 0.5) is 10.1 Å². The SMILES string of the molecule is COc1ccc(NC(=O)CSc2nnc(-c3ccccc3F)n2N)c(OC)c1. The molecule has 1 aromatic heterocycles. The summed E-state index contributed by atoms with van der Waals surface area (Å²) < 4.78 is 25.5. The van der Waals surface area contributed by atoms with Gasteiger partial charge in [0.1, 0.15) is 17.3 Å². The molecular formula is C18H18FN5O3S. The number of amides is 1. The van der Waals surface area contributed by atoms with Gasteiger partial charge in [0.25, 0.3) is 0 Å². The second kappa shape index (κ2) is 8.61. The van der Waals surface area contributed by atoms with Gasteiger partial charge in [-0.15, -0.1) is 10.2 Å². The number of thioether (sulfide) groups is 1. The molecule has 0 aliphatic carbocycles. The summed E-state index contributed by atoms with van der Waals surface area (Å²) in [5.74, 6) is 6.51. The predicted molar refractivity (Wildman–Crippen MR) is 104 cm³/mol. The van der Waals surface area contributed by atoms with E-state index >= 15 is 0 Å². The normalized spacial score (nSPS) is 10.5. The Bertz CT molecular complexity index is 995. The van der Waals surface area contributed by atoms with Crippen molar-refractivity contribution in [2.45, 2.75) is 5.16 Å². The highest BCUT2D eigenvalue weighted by Gasteiger charge is 2.17. The van der Waals surface area contributed by atoms with Crippen LogP contribution in [0.1, 0.15) is 0 Å². The quantitative estimate of drug-likeness (QED) is 0.461. The number of ether oxygens (including phenoxy) is 2. The summed E-state index contributed by atoms with van der Waals surface area (Å²) in [6, 6.07) is 11.2. The minimum Gasteiger partial charge on any atom is -0.497 e. The third kappa shape index (κ3) is 4.17. The highest BCUT2D eigenvalue weighted by atomic mass is 32.2. The van der Waals surface area contributed by atoms with Crippen LogP contribution in [-0.4, -0.2) is 40.8 Å². The van der Waals surface area contributed by atoms with Crippen molar-refractivity contribution in [3.8, 4) is 22.9 Å². The van der Waals surface area contributed by atoms with E-state index in [9.17, 15) is 9.18 Å². The number of anilines is 1. The van der Waals surface area contributed by atoms with Gasteiger partial charge in [-0.2, -0.15) is 0 Å². The maximum absolute atomic E-state index is 13.9. The number of benzene rings is 2. The number of nitrogens with zero attached hydrogens (tertiary/aromatic N) is 3. The first-order valence-corrected chi connectivity index (χ1v) is 9.12. The summed E-state index contributed by atoms with van der Waals surface area (Å²) in [5, 5.41) is 10.9.